The van der Waals surface area contributed by atoms with Crippen molar-refractivity contribution in [1.29, 1.82) is 0 Å². The van der Waals surface area contributed by atoms with Crippen molar-refractivity contribution >= 4 is 33.4 Å². The molecular formula is C27H17NO7. The summed E-state index contributed by atoms with van der Waals surface area (Å²) in [5.74, 6) is -0.242. The Balaban J connectivity index is 1.89. The minimum Gasteiger partial charge on any atom is -0.422 e. The molecular weight excluding hydrogens is 450 g/mol. The van der Waals surface area contributed by atoms with E-state index >= 15 is 0 Å². The van der Waals surface area contributed by atoms with Crippen LogP contribution in [0.25, 0.3) is 44.2 Å². The summed E-state index contributed by atoms with van der Waals surface area (Å²) in [7, 11) is 0. The number of benzene rings is 3. The van der Waals surface area contributed by atoms with Gasteiger partial charge in [-0.2, -0.15) is 0 Å². The van der Waals surface area contributed by atoms with Crippen molar-refractivity contribution in [2.75, 3.05) is 0 Å². The normalized spacial score (nSPS) is 11.1. The average molecular weight is 467 g/mol. The minimum absolute atomic E-state index is 0.0216. The van der Waals surface area contributed by atoms with Crippen LogP contribution in [0.2, 0.25) is 0 Å². The highest BCUT2D eigenvalue weighted by atomic mass is 16.6. The van der Waals surface area contributed by atoms with E-state index in [2.05, 4.69) is 0 Å². The van der Waals surface area contributed by atoms with Gasteiger partial charge in [0, 0.05) is 30.0 Å². The van der Waals surface area contributed by atoms with Crippen LogP contribution >= 0.6 is 0 Å². The zero-order valence-electron chi connectivity index (χ0n) is 18.4. The van der Waals surface area contributed by atoms with Crippen molar-refractivity contribution in [2.24, 2.45) is 0 Å². The fraction of sp³-hybridized carbons (Fsp3) is 0.0741. The topological polar surface area (TPSA) is 121 Å². The first-order chi connectivity index (χ1) is 16.9. The molecule has 0 aliphatic rings. The van der Waals surface area contributed by atoms with Gasteiger partial charge in [-0.3, -0.25) is 14.9 Å². The number of nitrogens with zero attached hydrogens (tertiary/aromatic N) is 1. The van der Waals surface area contributed by atoms with Gasteiger partial charge in [-0.1, -0.05) is 37.3 Å². The monoisotopic (exact) mass is 467 g/mol. The van der Waals surface area contributed by atoms with E-state index in [0.717, 1.165) is 5.56 Å². The highest BCUT2D eigenvalue weighted by Gasteiger charge is 2.21. The number of carbonyl (C=O) groups excluding carboxylic acids is 1. The molecule has 2 heterocycles. The fourth-order valence-electron chi connectivity index (χ4n) is 4.11. The maximum atomic E-state index is 12.9. The van der Waals surface area contributed by atoms with Gasteiger partial charge in [0.05, 0.1) is 21.4 Å². The number of ketones is 1. The summed E-state index contributed by atoms with van der Waals surface area (Å²) in [6, 6.07) is 19.1. The molecule has 0 amide bonds. The zero-order valence-corrected chi connectivity index (χ0v) is 18.4. The molecule has 35 heavy (non-hydrogen) atoms. The second kappa shape index (κ2) is 8.49. The molecule has 172 valence electrons. The van der Waals surface area contributed by atoms with E-state index in [1.807, 2.05) is 30.3 Å². The second-order valence-electron chi connectivity index (χ2n) is 7.92. The van der Waals surface area contributed by atoms with Crippen LogP contribution in [0.15, 0.2) is 91.2 Å². The summed E-state index contributed by atoms with van der Waals surface area (Å²) in [4.78, 5) is 48.7. The molecule has 0 fully saturated rings. The van der Waals surface area contributed by atoms with Crippen LogP contribution in [0.5, 0.6) is 0 Å². The van der Waals surface area contributed by atoms with Crippen LogP contribution in [0, 0.1) is 10.1 Å². The molecule has 0 bridgehead atoms. The Morgan fingerprint density at radius 2 is 1.51 bits per heavy atom. The molecule has 2 aromatic heterocycles. The third-order valence-corrected chi connectivity index (χ3v) is 5.82. The molecule has 0 aliphatic carbocycles. The number of rotatable bonds is 5. The lowest BCUT2D eigenvalue weighted by Crippen LogP contribution is -2.08. The van der Waals surface area contributed by atoms with Gasteiger partial charge in [-0.15, -0.1) is 0 Å². The summed E-state index contributed by atoms with van der Waals surface area (Å²) >= 11 is 0. The van der Waals surface area contributed by atoms with E-state index in [9.17, 15) is 24.5 Å². The largest absolute Gasteiger partial charge is 0.422 e. The Morgan fingerprint density at radius 3 is 2.17 bits per heavy atom. The van der Waals surface area contributed by atoms with Gasteiger partial charge < -0.3 is 8.83 Å². The number of fused-ring (bicyclic) bond motifs is 3. The van der Waals surface area contributed by atoms with Gasteiger partial charge in [0.2, 0.25) is 0 Å². The Hall–Kier alpha value is -4.85. The van der Waals surface area contributed by atoms with Crippen molar-refractivity contribution in [3.63, 3.8) is 0 Å². The van der Waals surface area contributed by atoms with Gasteiger partial charge in [0.15, 0.2) is 11.4 Å². The third kappa shape index (κ3) is 3.80. The van der Waals surface area contributed by atoms with Gasteiger partial charge >= 0.3 is 11.3 Å². The van der Waals surface area contributed by atoms with Crippen molar-refractivity contribution in [1.82, 2.24) is 0 Å². The van der Waals surface area contributed by atoms with E-state index in [4.69, 9.17) is 8.83 Å². The molecule has 3 aromatic carbocycles. The van der Waals surface area contributed by atoms with Crippen molar-refractivity contribution < 1.29 is 18.6 Å². The van der Waals surface area contributed by atoms with E-state index < -0.39 is 16.2 Å². The lowest BCUT2D eigenvalue weighted by molar-refractivity contribution is -0.384. The van der Waals surface area contributed by atoms with Crippen LogP contribution in [-0.4, -0.2) is 10.7 Å². The first-order valence-corrected chi connectivity index (χ1v) is 10.8. The lowest BCUT2D eigenvalue weighted by atomic mass is 9.95. The maximum Gasteiger partial charge on any atom is 0.344 e. The van der Waals surface area contributed by atoms with Gasteiger partial charge in [0.1, 0.15) is 5.58 Å². The van der Waals surface area contributed by atoms with E-state index in [1.165, 1.54) is 36.4 Å². The molecule has 0 N–H and O–H groups in total. The predicted molar refractivity (Wildman–Crippen MR) is 131 cm³/mol. The molecule has 8 heteroatoms. The Bertz CT molecular complexity index is 1750. The van der Waals surface area contributed by atoms with Gasteiger partial charge in [-0.25, -0.2) is 9.59 Å². The Morgan fingerprint density at radius 1 is 0.829 bits per heavy atom. The minimum atomic E-state index is -0.725. The van der Waals surface area contributed by atoms with Crippen LogP contribution in [0.3, 0.4) is 0 Å². The van der Waals surface area contributed by atoms with E-state index in [1.54, 1.807) is 13.0 Å². The van der Waals surface area contributed by atoms with Crippen LogP contribution in [0.1, 0.15) is 23.7 Å². The molecule has 0 unspecified atom stereocenters. The Labute approximate surface area is 197 Å². The summed E-state index contributed by atoms with van der Waals surface area (Å²) in [6.45, 7) is 1.70. The van der Waals surface area contributed by atoms with Gasteiger partial charge in [0.25, 0.3) is 5.69 Å². The predicted octanol–water partition coefficient (Wildman–Crippen LogP) is 5.73. The van der Waals surface area contributed by atoms with Crippen molar-refractivity contribution in [3.05, 3.63) is 109 Å². The lowest BCUT2D eigenvalue weighted by Gasteiger charge is -2.12. The van der Waals surface area contributed by atoms with Gasteiger partial charge in [-0.05, 0) is 41.0 Å². The highest BCUT2D eigenvalue weighted by Crippen LogP contribution is 2.35. The molecule has 5 rings (SSSR count). The Kier molecular flexibility index (Phi) is 5.33. The molecule has 0 saturated heterocycles. The van der Waals surface area contributed by atoms with Crippen molar-refractivity contribution in [3.8, 4) is 22.3 Å². The summed E-state index contributed by atoms with van der Waals surface area (Å²) in [5, 5.41) is 11.8. The van der Waals surface area contributed by atoms with Crippen molar-refractivity contribution in [2.45, 2.75) is 13.3 Å². The number of nitro benzene ring substituents is 1. The zero-order chi connectivity index (χ0) is 24.7. The number of carbonyl (C=O) groups is 1. The molecule has 8 nitrogen and oxygen atoms in total. The smallest absolute Gasteiger partial charge is 0.344 e. The number of hydrogen-bond acceptors (Lipinski definition) is 7. The number of non-ortho nitro benzene ring substituents is 1. The van der Waals surface area contributed by atoms with Crippen LogP contribution in [0.4, 0.5) is 5.69 Å². The molecule has 0 saturated carbocycles. The number of nitro groups is 1. The summed E-state index contributed by atoms with van der Waals surface area (Å²) in [5.41, 5.74) is 0.773. The average Bonchev–Trinajstić information content (AvgIpc) is 2.87. The molecule has 0 atom stereocenters. The quantitative estimate of drug-likeness (QED) is 0.106. The number of Topliss-reactive ketones (excluding diaryl/α,β-unsaturated/α-hetero) is 1. The summed E-state index contributed by atoms with van der Waals surface area (Å²) in [6.07, 6.45) is 0.172. The fourth-order valence-corrected chi connectivity index (χ4v) is 4.11. The molecule has 0 spiro atoms. The standard InChI is InChI=1S/C27H17NO7/c1-2-23(29)21-13-20-18(15-6-4-3-5-7-15)14-24(30)34-25(20)22-12-19(27(31)35-26(21)22)16-8-10-17(11-9-16)28(32)33/h3-14H,2H2,1H3. The molecule has 0 aliphatic heterocycles. The molecule has 0 radical (unpaired) electrons. The molecule has 5 aromatic rings. The highest BCUT2D eigenvalue weighted by molar-refractivity contribution is 6.16. The summed E-state index contributed by atoms with van der Waals surface area (Å²) < 4.78 is 11.2. The van der Waals surface area contributed by atoms with Crippen LogP contribution in [-0.2, 0) is 0 Å². The maximum absolute atomic E-state index is 12.9. The SMILES string of the molecule is CCC(=O)c1cc2c(-c3ccccc3)cc(=O)oc2c2cc(-c3ccc([N+](=O)[O-])cc3)c(=O)oc12. The van der Waals surface area contributed by atoms with E-state index in [-0.39, 0.29) is 45.6 Å². The van der Waals surface area contributed by atoms with E-state index in [0.29, 0.717) is 16.5 Å². The first kappa shape index (κ1) is 22.0. The van der Waals surface area contributed by atoms with Crippen LogP contribution < -0.4 is 11.3 Å². The first-order valence-electron chi connectivity index (χ1n) is 10.8. The third-order valence-electron chi connectivity index (χ3n) is 5.82. The second-order valence-corrected chi connectivity index (χ2v) is 7.92. The number of hydrogen-bond donors (Lipinski definition) is 0.